The van der Waals surface area contributed by atoms with E-state index in [1.807, 2.05) is 4.57 Å². The van der Waals surface area contributed by atoms with Gasteiger partial charge in [-0.3, -0.25) is 4.79 Å². The van der Waals surface area contributed by atoms with Gasteiger partial charge in [-0.05, 0) is 60.5 Å². The van der Waals surface area contributed by atoms with Gasteiger partial charge in [0.1, 0.15) is 11.5 Å². The van der Waals surface area contributed by atoms with Gasteiger partial charge in [-0.25, -0.2) is 4.21 Å². The molecule has 0 aliphatic rings. The number of aromatic nitrogens is 1. The van der Waals surface area contributed by atoms with Crippen LogP contribution in [0.15, 0.2) is 63.2 Å². The number of thiazole rings is 1. The maximum Gasteiger partial charge on any atom is 0.573 e. The Morgan fingerprint density at radius 1 is 1.12 bits per heavy atom. The number of amides is 1. The minimum Gasteiger partial charge on any atom is -0.497 e. The quantitative estimate of drug-likeness (QED) is 0.433. The average molecular weight is 514 g/mol. The number of carbonyl (C=O) groups is 1. The van der Waals surface area contributed by atoms with E-state index in [0.717, 1.165) is 0 Å². The number of nitrogens with zero attached hydrogens (tertiary/aromatic N) is 2. The second kappa shape index (κ2) is 11.3. The number of benzene rings is 2. The Hall–Kier alpha value is -3.12. The normalized spacial score (nSPS) is 12.9. The number of hydrogen-bond donors (Lipinski definition) is 1. The Kier molecular flexibility index (Phi) is 8.51. The molecule has 1 heterocycles. The maximum absolute atomic E-state index is 12.8. The Morgan fingerprint density at radius 2 is 1.76 bits per heavy atom. The molecule has 1 N–H and O–H groups in total. The molecule has 34 heavy (non-hydrogen) atoms. The summed E-state index contributed by atoms with van der Waals surface area (Å²) in [6.07, 6.45) is -4.20. The van der Waals surface area contributed by atoms with Crippen LogP contribution in [0.4, 0.5) is 13.2 Å². The molecule has 3 aromatic rings. The van der Waals surface area contributed by atoms with Crippen LogP contribution >= 0.6 is 11.3 Å². The predicted octanol–water partition coefficient (Wildman–Crippen LogP) is 4.27. The van der Waals surface area contributed by atoms with Crippen LogP contribution in [0.5, 0.6) is 11.5 Å². The highest BCUT2D eigenvalue weighted by atomic mass is 32.2. The van der Waals surface area contributed by atoms with Crippen molar-refractivity contribution >= 4 is 28.2 Å². The fourth-order valence-corrected chi connectivity index (χ4v) is 4.88. The highest BCUT2D eigenvalue weighted by Crippen LogP contribution is 2.27. The molecule has 0 fully saturated rings. The fraction of sp³-hybridized carbons (Fsp3) is 0.273. The summed E-state index contributed by atoms with van der Waals surface area (Å²) in [4.78, 5) is 12.1. The van der Waals surface area contributed by atoms with Crippen LogP contribution < -0.4 is 19.6 Å². The number of nitrogens with one attached hydrogen (secondary N) is 1. The first-order valence-electron chi connectivity index (χ1n) is 10.1. The molecule has 1 aromatic heterocycles. The Balaban J connectivity index is 1.92. The molecule has 2 aromatic carbocycles. The van der Waals surface area contributed by atoms with Gasteiger partial charge in [-0.2, -0.15) is 4.40 Å². The van der Waals surface area contributed by atoms with Gasteiger partial charge in [0.15, 0.2) is 15.8 Å². The third-order valence-electron chi connectivity index (χ3n) is 4.54. The number of ether oxygens (including phenoxy) is 2. The molecule has 3 rings (SSSR count). The van der Waals surface area contributed by atoms with Crippen LogP contribution in [0.25, 0.3) is 11.3 Å². The van der Waals surface area contributed by atoms with E-state index in [1.54, 1.807) is 29.6 Å². The molecular weight excluding hydrogens is 491 g/mol. The van der Waals surface area contributed by atoms with Gasteiger partial charge >= 0.3 is 6.36 Å². The lowest BCUT2D eigenvalue weighted by Gasteiger charge is -2.11. The van der Waals surface area contributed by atoms with Gasteiger partial charge in [0.25, 0.3) is 0 Å². The van der Waals surface area contributed by atoms with Crippen LogP contribution in [-0.4, -0.2) is 34.7 Å². The summed E-state index contributed by atoms with van der Waals surface area (Å²) >= 11 is 1.26. The second-order valence-corrected chi connectivity index (χ2v) is 8.97. The molecule has 12 heteroatoms. The fourth-order valence-electron chi connectivity index (χ4n) is 2.99. The molecule has 0 spiro atoms. The number of halogens is 3. The number of hydrogen-bond acceptors (Lipinski definition) is 5. The standard InChI is InChI=1S/C22H22F3N3O4S2/c1-15(29)26-12-3-13-28-20(16-4-6-18(7-5-16)32-22(23,24)25)14-33-21(28)27-34(30)19-10-8-17(31-2)9-11-19/h4-11,14H,3,12-13H2,1-2H3,(H,26,29). The average Bonchev–Trinajstić information content (AvgIpc) is 3.18. The van der Waals surface area contributed by atoms with E-state index in [2.05, 4.69) is 14.5 Å². The first-order valence-corrected chi connectivity index (χ1v) is 12.0. The molecule has 1 amide bonds. The molecular formula is C22H22F3N3O4S2. The van der Waals surface area contributed by atoms with Gasteiger partial charge in [0.05, 0.1) is 17.7 Å². The van der Waals surface area contributed by atoms with Crippen molar-refractivity contribution in [1.29, 1.82) is 0 Å². The monoisotopic (exact) mass is 513 g/mol. The topological polar surface area (TPSA) is 81.9 Å². The number of methoxy groups -OCH3 is 1. The van der Waals surface area contributed by atoms with Crippen molar-refractivity contribution in [3.05, 3.63) is 58.7 Å². The molecule has 1 atom stereocenters. The van der Waals surface area contributed by atoms with E-state index >= 15 is 0 Å². The summed E-state index contributed by atoms with van der Waals surface area (Å²) in [5, 5.41) is 4.51. The highest BCUT2D eigenvalue weighted by molar-refractivity contribution is 7.83. The summed E-state index contributed by atoms with van der Waals surface area (Å²) in [6.45, 7) is 2.29. The van der Waals surface area contributed by atoms with Gasteiger partial charge in [0.2, 0.25) is 5.91 Å². The van der Waals surface area contributed by atoms with E-state index < -0.39 is 17.3 Å². The summed E-state index contributed by atoms with van der Waals surface area (Å²) in [5.41, 5.74) is 1.33. The van der Waals surface area contributed by atoms with Crippen LogP contribution in [0.1, 0.15) is 13.3 Å². The Bertz CT molecular complexity index is 1200. The van der Waals surface area contributed by atoms with Gasteiger partial charge in [-0.15, -0.1) is 24.5 Å². The van der Waals surface area contributed by atoms with E-state index in [9.17, 15) is 22.2 Å². The van der Waals surface area contributed by atoms with E-state index in [1.165, 1.54) is 49.6 Å². The second-order valence-electron chi connectivity index (χ2n) is 6.98. The number of carbonyl (C=O) groups excluding carboxylic acids is 1. The van der Waals surface area contributed by atoms with Crippen molar-refractivity contribution in [2.24, 2.45) is 4.40 Å². The predicted molar refractivity (Wildman–Crippen MR) is 123 cm³/mol. The van der Waals surface area contributed by atoms with Crippen LogP contribution in [0, 0.1) is 0 Å². The summed E-state index contributed by atoms with van der Waals surface area (Å²) in [6, 6.07) is 12.2. The van der Waals surface area contributed by atoms with Crippen molar-refractivity contribution in [1.82, 2.24) is 9.88 Å². The minimum atomic E-state index is -4.77. The van der Waals surface area contributed by atoms with Gasteiger partial charge < -0.3 is 19.4 Å². The molecule has 0 aliphatic heterocycles. The SMILES string of the molecule is COc1ccc(S(=O)N=c2scc(-c3ccc(OC(F)(F)F)cc3)n2CCCNC(C)=O)cc1. The molecule has 7 nitrogen and oxygen atoms in total. The van der Waals surface area contributed by atoms with Crippen molar-refractivity contribution in [2.45, 2.75) is 31.1 Å². The van der Waals surface area contributed by atoms with Crippen LogP contribution in [0.2, 0.25) is 0 Å². The van der Waals surface area contributed by atoms with Gasteiger partial charge in [-0.1, -0.05) is 0 Å². The number of rotatable bonds is 9. The van der Waals surface area contributed by atoms with E-state index in [-0.39, 0.29) is 11.7 Å². The minimum absolute atomic E-state index is 0.152. The van der Waals surface area contributed by atoms with Gasteiger partial charge in [0, 0.05) is 25.4 Å². The molecule has 0 radical (unpaired) electrons. The summed E-state index contributed by atoms with van der Waals surface area (Å²) in [5.74, 6) is 0.153. The zero-order valence-electron chi connectivity index (χ0n) is 18.3. The first-order chi connectivity index (χ1) is 16.2. The smallest absolute Gasteiger partial charge is 0.497 e. The lowest BCUT2D eigenvalue weighted by molar-refractivity contribution is -0.274. The van der Waals surface area contributed by atoms with Crippen molar-refractivity contribution in [3.63, 3.8) is 0 Å². The molecule has 0 saturated heterocycles. The Labute approximate surface area is 200 Å². The molecule has 0 aliphatic carbocycles. The first kappa shape index (κ1) is 25.5. The Morgan fingerprint density at radius 3 is 2.35 bits per heavy atom. The van der Waals surface area contributed by atoms with Crippen LogP contribution in [0.3, 0.4) is 0 Å². The molecule has 182 valence electrons. The number of alkyl halides is 3. The third kappa shape index (κ3) is 7.19. The molecule has 0 saturated carbocycles. The zero-order chi connectivity index (χ0) is 24.7. The maximum atomic E-state index is 12.8. The van der Waals surface area contributed by atoms with E-state index in [0.29, 0.717) is 46.2 Å². The van der Waals surface area contributed by atoms with Crippen molar-refractivity contribution in [3.8, 4) is 22.8 Å². The lowest BCUT2D eigenvalue weighted by atomic mass is 10.1. The lowest BCUT2D eigenvalue weighted by Crippen LogP contribution is -2.24. The molecule has 1 unspecified atom stereocenters. The van der Waals surface area contributed by atoms with Crippen LogP contribution in [-0.2, 0) is 22.3 Å². The summed E-state index contributed by atoms with van der Waals surface area (Å²) in [7, 11) is -0.147. The summed E-state index contributed by atoms with van der Waals surface area (Å²) < 4.78 is 65.5. The van der Waals surface area contributed by atoms with Crippen molar-refractivity contribution in [2.75, 3.05) is 13.7 Å². The molecule has 0 bridgehead atoms. The highest BCUT2D eigenvalue weighted by Gasteiger charge is 2.31. The van der Waals surface area contributed by atoms with Crippen molar-refractivity contribution < 1.29 is 31.6 Å². The zero-order valence-corrected chi connectivity index (χ0v) is 19.9. The third-order valence-corrected chi connectivity index (χ3v) is 6.53. The van der Waals surface area contributed by atoms with E-state index in [4.69, 9.17) is 4.74 Å². The largest absolute Gasteiger partial charge is 0.573 e.